The van der Waals surface area contributed by atoms with Crippen LogP contribution < -0.4 is 5.32 Å². The standard InChI is InChI=1S/C12H11ClN2O3S2/c13-9-5-4-8(20-9)11(18)15-12-14-7(6-19-12)2-1-3-10(16)17/h4-6H,1-3H2,(H,16,17)(H,14,15,18). The van der Waals surface area contributed by atoms with E-state index >= 15 is 0 Å². The fourth-order valence-corrected chi connectivity index (χ4v) is 3.17. The van der Waals surface area contributed by atoms with Crippen LogP contribution in [0.5, 0.6) is 0 Å². The number of nitrogens with one attached hydrogen (secondary N) is 1. The first kappa shape index (κ1) is 15.0. The summed E-state index contributed by atoms with van der Waals surface area (Å²) in [6, 6.07) is 3.32. The molecule has 8 heteroatoms. The minimum absolute atomic E-state index is 0.118. The number of anilines is 1. The van der Waals surface area contributed by atoms with Gasteiger partial charge >= 0.3 is 5.97 Å². The van der Waals surface area contributed by atoms with Gasteiger partial charge in [0.1, 0.15) is 0 Å². The second kappa shape index (κ2) is 6.83. The highest BCUT2D eigenvalue weighted by Gasteiger charge is 2.11. The van der Waals surface area contributed by atoms with Crippen LogP contribution in [0.4, 0.5) is 5.13 Å². The van der Waals surface area contributed by atoms with Gasteiger partial charge in [-0.3, -0.25) is 14.9 Å². The van der Waals surface area contributed by atoms with E-state index in [1.165, 1.54) is 22.7 Å². The molecule has 0 fully saturated rings. The summed E-state index contributed by atoms with van der Waals surface area (Å²) in [5.74, 6) is -1.06. The Morgan fingerprint density at radius 1 is 1.40 bits per heavy atom. The van der Waals surface area contributed by atoms with Crippen molar-refractivity contribution in [2.45, 2.75) is 19.3 Å². The first-order valence-corrected chi connectivity index (χ1v) is 7.85. The molecular formula is C12H11ClN2O3S2. The lowest BCUT2D eigenvalue weighted by molar-refractivity contribution is -0.137. The molecule has 5 nitrogen and oxygen atoms in total. The van der Waals surface area contributed by atoms with Crippen LogP contribution in [0.2, 0.25) is 4.34 Å². The summed E-state index contributed by atoms with van der Waals surface area (Å²) in [6.07, 6.45) is 1.24. The molecule has 0 radical (unpaired) electrons. The smallest absolute Gasteiger partial charge is 0.303 e. The van der Waals surface area contributed by atoms with Gasteiger partial charge in [0.15, 0.2) is 5.13 Å². The Kier molecular flexibility index (Phi) is 5.11. The van der Waals surface area contributed by atoms with E-state index in [0.717, 1.165) is 5.69 Å². The third-order valence-electron chi connectivity index (χ3n) is 2.39. The van der Waals surface area contributed by atoms with Crippen LogP contribution >= 0.6 is 34.3 Å². The Labute approximate surface area is 128 Å². The lowest BCUT2D eigenvalue weighted by Gasteiger charge is -1.98. The van der Waals surface area contributed by atoms with Crippen LogP contribution in [-0.4, -0.2) is 22.0 Å². The summed E-state index contributed by atoms with van der Waals surface area (Å²) >= 11 is 8.30. The van der Waals surface area contributed by atoms with E-state index in [0.29, 0.717) is 27.2 Å². The number of hydrogen-bond acceptors (Lipinski definition) is 5. The van der Waals surface area contributed by atoms with Gasteiger partial charge in [-0.2, -0.15) is 0 Å². The van der Waals surface area contributed by atoms with Crippen molar-refractivity contribution in [3.8, 4) is 0 Å². The van der Waals surface area contributed by atoms with Gasteiger partial charge in [-0.25, -0.2) is 4.98 Å². The Bertz CT molecular complexity index is 624. The second-order valence-electron chi connectivity index (χ2n) is 3.95. The number of thiazole rings is 1. The normalized spacial score (nSPS) is 10.4. The Morgan fingerprint density at radius 3 is 2.85 bits per heavy atom. The highest BCUT2D eigenvalue weighted by Crippen LogP contribution is 2.23. The number of nitrogens with zero attached hydrogens (tertiary/aromatic N) is 1. The summed E-state index contributed by atoms with van der Waals surface area (Å²) in [5.41, 5.74) is 0.788. The topological polar surface area (TPSA) is 79.3 Å². The fourth-order valence-electron chi connectivity index (χ4n) is 1.49. The van der Waals surface area contributed by atoms with E-state index < -0.39 is 5.97 Å². The molecule has 106 valence electrons. The molecule has 2 aromatic heterocycles. The number of hydrogen-bond donors (Lipinski definition) is 2. The van der Waals surface area contributed by atoms with E-state index in [2.05, 4.69) is 10.3 Å². The SMILES string of the molecule is O=C(O)CCCc1csc(NC(=O)c2ccc(Cl)s2)n1. The third kappa shape index (κ3) is 4.29. The van der Waals surface area contributed by atoms with Gasteiger partial charge in [-0.1, -0.05) is 11.6 Å². The third-order valence-corrected chi connectivity index (χ3v) is 4.43. The molecule has 20 heavy (non-hydrogen) atoms. The Hall–Kier alpha value is -1.44. The molecule has 0 unspecified atom stereocenters. The number of thiophene rings is 1. The lowest BCUT2D eigenvalue weighted by atomic mass is 10.2. The zero-order valence-corrected chi connectivity index (χ0v) is 12.6. The van der Waals surface area contributed by atoms with Crippen molar-refractivity contribution in [2.75, 3.05) is 5.32 Å². The van der Waals surface area contributed by atoms with Crippen LogP contribution in [0.1, 0.15) is 28.2 Å². The summed E-state index contributed by atoms with van der Waals surface area (Å²) in [4.78, 5) is 27.1. The molecule has 2 aromatic rings. The van der Waals surface area contributed by atoms with E-state index in [1.54, 1.807) is 12.1 Å². The maximum absolute atomic E-state index is 11.9. The minimum Gasteiger partial charge on any atom is -0.481 e. The molecule has 2 N–H and O–H groups in total. The van der Waals surface area contributed by atoms with Crippen molar-refractivity contribution in [1.82, 2.24) is 4.98 Å². The first-order valence-electron chi connectivity index (χ1n) is 5.77. The van der Waals surface area contributed by atoms with Crippen LogP contribution in [0.3, 0.4) is 0 Å². The number of amides is 1. The average molecular weight is 331 g/mol. The van der Waals surface area contributed by atoms with Crippen molar-refractivity contribution < 1.29 is 14.7 Å². The molecule has 0 aliphatic rings. The van der Waals surface area contributed by atoms with Crippen molar-refractivity contribution in [3.63, 3.8) is 0 Å². The van der Waals surface area contributed by atoms with Gasteiger partial charge in [0.05, 0.1) is 14.9 Å². The average Bonchev–Trinajstić information content (AvgIpc) is 2.98. The fraction of sp³-hybridized carbons (Fsp3) is 0.250. The number of aryl methyl sites for hydroxylation is 1. The first-order chi connectivity index (χ1) is 9.54. The van der Waals surface area contributed by atoms with E-state index in [1.807, 2.05) is 5.38 Å². The zero-order valence-electron chi connectivity index (χ0n) is 10.3. The minimum atomic E-state index is -0.816. The number of carbonyl (C=O) groups excluding carboxylic acids is 1. The molecule has 0 saturated carbocycles. The quantitative estimate of drug-likeness (QED) is 0.849. The number of carbonyl (C=O) groups is 2. The lowest BCUT2D eigenvalue weighted by Crippen LogP contribution is -2.09. The molecular weight excluding hydrogens is 320 g/mol. The summed E-state index contributed by atoms with van der Waals surface area (Å²) < 4.78 is 0.559. The number of carboxylic acid groups (broad SMARTS) is 1. The van der Waals surface area contributed by atoms with Gasteiger partial charge in [-0.05, 0) is 25.0 Å². The molecule has 0 atom stereocenters. The van der Waals surface area contributed by atoms with Gasteiger partial charge in [0.25, 0.3) is 5.91 Å². The van der Waals surface area contributed by atoms with Gasteiger partial charge in [-0.15, -0.1) is 22.7 Å². The zero-order chi connectivity index (χ0) is 14.5. The van der Waals surface area contributed by atoms with Crippen molar-refractivity contribution in [2.24, 2.45) is 0 Å². The maximum Gasteiger partial charge on any atom is 0.303 e. The Balaban J connectivity index is 1.89. The predicted octanol–water partition coefficient (Wildman–Crippen LogP) is 3.52. The number of rotatable bonds is 6. The molecule has 0 aliphatic heterocycles. The van der Waals surface area contributed by atoms with Gasteiger partial charge in [0, 0.05) is 11.8 Å². The van der Waals surface area contributed by atoms with Crippen LogP contribution in [0, 0.1) is 0 Å². The molecule has 0 spiro atoms. The number of aromatic nitrogens is 1. The number of aliphatic carboxylic acids is 1. The highest BCUT2D eigenvalue weighted by molar-refractivity contribution is 7.18. The van der Waals surface area contributed by atoms with E-state index in [-0.39, 0.29) is 12.3 Å². The van der Waals surface area contributed by atoms with Crippen molar-refractivity contribution >= 4 is 51.3 Å². The largest absolute Gasteiger partial charge is 0.481 e. The molecule has 2 rings (SSSR count). The number of halogens is 1. The molecule has 1 amide bonds. The van der Waals surface area contributed by atoms with Gasteiger partial charge < -0.3 is 5.11 Å². The highest BCUT2D eigenvalue weighted by atomic mass is 35.5. The predicted molar refractivity (Wildman–Crippen MR) is 80.0 cm³/mol. The van der Waals surface area contributed by atoms with Crippen molar-refractivity contribution in [1.29, 1.82) is 0 Å². The molecule has 0 aliphatic carbocycles. The van der Waals surface area contributed by atoms with Crippen LogP contribution in [0.25, 0.3) is 0 Å². The maximum atomic E-state index is 11.9. The van der Waals surface area contributed by atoms with E-state index in [9.17, 15) is 9.59 Å². The monoisotopic (exact) mass is 330 g/mol. The second-order valence-corrected chi connectivity index (χ2v) is 6.52. The summed E-state index contributed by atoms with van der Waals surface area (Å²) in [6.45, 7) is 0. The van der Waals surface area contributed by atoms with Crippen LogP contribution in [0.15, 0.2) is 17.5 Å². The Morgan fingerprint density at radius 2 is 2.20 bits per heavy atom. The molecule has 2 heterocycles. The van der Waals surface area contributed by atoms with E-state index in [4.69, 9.17) is 16.7 Å². The summed E-state index contributed by atoms with van der Waals surface area (Å²) in [5, 5.41) is 13.6. The molecule has 0 bridgehead atoms. The number of carboxylic acids is 1. The molecule has 0 saturated heterocycles. The summed E-state index contributed by atoms with van der Waals surface area (Å²) in [7, 11) is 0. The van der Waals surface area contributed by atoms with Gasteiger partial charge in [0.2, 0.25) is 0 Å². The van der Waals surface area contributed by atoms with Crippen molar-refractivity contribution in [3.05, 3.63) is 32.4 Å². The van der Waals surface area contributed by atoms with Crippen LogP contribution in [-0.2, 0) is 11.2 Å². The molecule has 0 aromatic carbocycles.